The van der Waals surface area contributed by atoms with Crippen LogP contribution in [0, 0.1) is 0 Å². The Kier molecular flexibility index (Phi) is 50.5. The highest BCUT2D eigenvalue weighted by Gasteiger charge is 2.51. The van der Waals surface area contributed by atoms with Gasteiger partial charge in [0.2, 0.25) is 5.91 Å². The average molecular weight is 1170 g/mol. The van der Waals surface area contributed by atoms with E-state index in [-0.39, 0.29) is 18.9 Å². The summed E-state index contributed by atoms with van der Waals surface area (Å²) in [6.07, 6.45) is 48.5. The minimum Gasteiger partial charge on any atom is -0.394 e. The Balaban J connectivity index is 1.64. The van der Waals surface area contributed by atoms with Crippen molar-refractivity contribution in [1.82, 2.24) is 5.32 Å². The normalized spacial score (nSPS) is 23.9. The molecule has 2 rings (SSSR count). The number of carbonyl (C=O) groups excluding carboxylic acids is 1. The van der Waals surface area contributed by atoms with Crippen LogP contribution in [0.15, 0.2) is 12.2 Å². The number of nitrogens with one attached hydrogen (secondary N) is 1. The van der Waals surface area contributed by atoms with E-state index in [0.717, 1.165) is 38.5 Å². The van der Waals surface area contributed by atoms with E-state index in [4.69, 9.17) is 18.9 Å². The van der Waals surface area contributed by atoms with Crippen LogP contribution in [-0.4, -0.2) is 140 Å². The van der Waals surface area contributed by atoms with Crippen molar-refractivity contribution in [3.05, 3.63) is 12.2 Å². The molecule has 1 amide bonds. The molecule has 2 fully saturated rings. The van der Waals surface area contributed by atoms with Crippen LogP contribution in [0.2, 0.25) is 0 Å². The molecule has 486 valence electrons. The lowest BCUT2D eigenvalue weighted by molar-refractivity contribution is -0.359. The molecule has 0 aromatic heterocycles. The van der Waals surface area contributed by atoms with Gasteiger partial charge in [-0.15, -0.1) is 0 Å². The van der Waals surface area contributed by atoms with Crippen molar-refractivity contribution in [3.63, 3.8) is 0 Å². The Labute approximate surface area is 501 Å². The van der Waals surface area contributed by atoms with Gasteiger partial charge in [-0.1, -0.05) is 309 Å². The fraction of sp³-hybridized carbons (Fsp3) is 0.956. The van der Waals surface area contributed by atoms with Crippen molar-refractivity contribution in [3.8, 4) is 0 Å². The summed E-state index contributed by atoms with van der Waals surface area (Å²) in [6.45, 7) is 2.85. The number of aliphatic hydroxyl groups is 8. The van der Waals surface area contributed by atoms with Gasteiger partial charge in [0.25, 0.3) is 0 Å². The number of hydrogen-bond acceptors (Lipinski definition) is 13. The Hall–Kier alpha value is -1.27. The molecule has 2 aliphatic heterocycles. The minimum atomic E-state index is -1.79. The second-order valence-corrected chi connectivity index (χ2v) is 25.0. The van der Waals surface area contributed by atoms with Gasteiger partial charge in [0, 0.05) is 6.42 Å². The minimum absolute atomic E-state index is 0.231. The van der Waals surface area contributed by atoms with Gasteiger partial charge in [0.1, 0.15) is 48.8 Å². The van der Waals surface area contributed by atoms with Crippen molar-refractivity contribution < 1.29 is 64.6 Å². The summed E-state index contributed by atoms with van der Waals surface area (Å²) < 4.78 is 22.8. The highest BCUT2D eigenvalue weighted by Crippen LogP contribution is 2.30. The first kappa shape index (κ1) is 76.8. The fourth-order valence-corrected chi connectivity index (χ4v) is 11.9. The molecule has 0 radical (unpaired) electrons. The fourth-order valence-electron chi connectivity index (χ4n) is 11.9. The molecular weight excluding hydrogens is 1040 g/mol. The van der Waals surface area contributed by atoms with Crippen LogP contribution in [0.3, 0.4) is 0 Å². The zero-order valence-electron chi connectivity index (χ0n) is 52.8. The van der Waals surface area contributed by atoms with Gasteiger partial charge in [-0.3, -0.25) is 4.79 Å². The molecule has 0 aromatic rings. The van der Waals surface area contributed by atoms with E-state index < -0.39 is 86.8 Å². The van der Waals surface area contributed by atoms with Crippen LogP contribution >= 0.6 is 0 Å². The predicted molar refractivity (Wildman–Crippen MR) is 332 cm³/mol. The van der Waals surface area contributed by atoms with Gasteiger partial charge in [-0.25, -0.2) is 0 Å². The second kappa shape index (κ2) is 53.9. The quantitative estimate of drug-likeness (QED) is 0.0204. The summed E-state index contributed by atoms with van der Waals surface area (Å²) in [5, 5.41) is 87.3. The number of allylic oxidation sites excluding steroid dienone is 1. The van der Waals surface area contributed by atoms with Crippen LogP contribution in [0.5, 0.6) is 0 Å². The number of carbonyl (C=O) groups is 1. The smallest absolute Gasteiger partial charge is 0.220 e. The van der Waals surface area contributed by atoms with Crippen molar-refractivity contribution in [2.75, 3.05) is 19.8 Å². The first-order valence-electron chi connectivity index (χ1n) is 34.9. The molecule has 0 aliphatic carbocycles. The molecule has 14 nitrogen and oxygen atoms in total. The largest absolute Gasteiger partial charge is 0.394 e. The number of unbranched alkanes of at least 4 members (excludes halogenated alkanes) is 45. The number of rotatable bonds is 58. The summed E-state index contributed by atoms with van der Waals surface area (Å²) in [5.74, 6) is -0.231. The monoisotopic (exact) mass is 1170 g/mol. The molecule has 0 aromatic carbocycles. The summed E-state index contributed by atoms with van der Waals surface area (Å²) in [6, 6.07) is -0.910. The van der Waals surface area contributed by atoms with Crippen LogP contribution in [-0.2, 0) is 23.7 Å². The van der Waals surface area contributed by atoms with Gasteiger partial charge in [0.05, 0.1) is 32.0 Å². The van der Waals surface area contributed by atoms with E-state index in [0.29, 0.717) is 6.42 Å². The number of hydrogen-bond donors (Lipinski definition) is 9. The molecule has 9 N–H and O–H groups in total. The van der Waals surface area contributed by atoms with Gasteiger partial charge in [-0.05, 0) is 19.3 Å². The topological polar surface area (TPSA) is 228 Å². The van der Waals surface area contributed by atoms with E-state index in [2.05, 4.69) is 19.2 Å². The summed E-state index contributed by atoms with van der Waals surface area (Å²) in [4.78, 5) is 13.3. The van der Waals surface area contributed by atoms with Gasteiger partial charge in [0.15, 0.2) is 12.6 Å². The SMILES string of the molecule is CCCCCCCCCCCCCCCCC/C=C/[C@@H](O)[C@H](CO[C@@H]1O[C@H](CO)[C@@H](O[C@@H]2O[C@H](CO)[C@H](O)C(O)C2O)C(O)C1O)NC(=O)CCCCCCCCCCCCCCCCCCCCCCCCCCCCCCCCC. The van der Waals surface area contributed by atoms with Crippen LogP contribution in [0.4, 0.5) is 0 Å². The van der Waals surface area contributed by atoms with Gasteiger partial charge in [-0.2, -0.15) is 0 Å². The number of ether oxygens (including phenoxy) is 4. The Morgan fingerprint density at radius 2 is 0.756 bits per heavy atom. The first-order chi connectivity index (χ1) is 40.1. The lowest BCUT2D eigenvalue weighted by atomic mass is 9.97. The van der Waals surface area contributed by atoms with Gasteiger partial charge >= 0.3 is 0 Å². The Morgan fingerprint density at radius 3 is 1.12 bits per heavy atom. The lowest BCUT2D eigenvalue weighted by Gasteiger charge is -2.46. The predicted octanol–water partition coefficient (Wildman–Crippen LogP) is 13.8. The molecule has 2 aliphatic rings. The summed E-state index contributed by atoms with van der Waals surface area (Å²) in [7, 11) is 0. The summed E-state index contributed by atoms with van der Waals surface area (Å²) in [5.41, 5.74) is 0. The van der Waals surface area contributed by atoms with Crippen LogP contribution in [0.1, 0.15) is 322 Å². The Bertz CT molecular complexity index is 1420. The third-order valence-corrected chi connectivity index (χ3v) is 17.5. The highest BCUT2D eigenvalue weighted by molar-refractivity contribution is 5.76. The molecule has 14 heteroatoms. The molecular formula is C68H131NO13. The molecule has 4 unspecified atom stereocenters. The third kappa shape index (κ3) is 38.1. The van der Waals surface area contributed by atoms with Crippen molar-refractivity contribution in [1.29, 1.82) is 0 Å². The standard InChI is InChI=1S/C68H131NO13/c1-3-5-7-9-11-13-15-17-19-21-22-23-24-25-26-27-28-29-30-31-32-33-34-36-38-40-42-44-46-48-50-52-60(73)69-56(57(72)51-49-47-45-43-41-39-37-35-20-18-16-14-12-10-8-6-4-2)55-79-67-65(78)63(76)66(59(54-71)81-67)82-68-64(77)62(75)61(74)58(53-70)80-68/h49,51,56-59,61-68,70-72,74-78H,3-48,50,52-55H2,1-2H3,(H,69,73)/b51-49+/t56-,57+,58+,59+,61-,62?,63?,64?,65?,66+,67+,68-/m0/s1. The zero-order valence-corrected chi connectivity index (χ0v) is 52.8. The van der Waals surface area contributed by atoms with E-state index >= 15 is 0 Å². The molecule has 82 heavy (non-hydrogen) atoms. The van der Waals surface area contributed by atoms with Gasteiger partial charge < -0.3 is 65.1 Å². The summed E-state index contributed by atoms with van der Waals surface area (Å²) >= 11 is 0. The molecule has 12 atom stereocenters. The average Bonchev–Trinajstić information content (AvgIpc) is 3.53. The number of aliphatic hydroxyl groups excluding tert-OH is 8. The second-order valence-electron chi connectivity index (χ2n) is 25.0. The van der Waals surface area contributed by atoms with E-state index in [1.54, 1.807) is 6.08 Å². The zero-order chi connectivity index (χ0) is 59.5. The van der Waals surface area contributed by atoms with Crippen molar-refractivity contribution >= 4 is 5.91 Å². The number of amides is 1. The molecule has 0 saturated carbocycles. The van der Waals surface area contributed by atoms with E-state index in [9.17, 15) is 45.6 Å². The Morgan fingerprint density at radius 1 is 0.427 bits per heavy atom. The molecule has 2 saturated heterocycles. The van der Waals surface area contributed by atoms with Crippen LogP contribution < -0.4 is 5.32 Å². The van der Waals surface area contributed by atoms with E-state index in [1.165, 1.54) is 257 Å². The molecule has 0 bridgehead atoms. The van der Waals surface area contributed by atoms with E-state index in [1.807, 2.05) is 6.08 Å². The third-order valence-electron chi connectivity index (χ3n) is 17.5. The maximum atomic E-state index is 13.3. The maximum absolute atomic E-state index is 13.3. The van der Waals surface area contributed by atoms with Crippen molar-refractivity contribution in [2.24, 2.45) is 0 Å². The first-order valence-corrected chi connectivity index (χ1v) is 34.9. The molecule has 0 spiro atoms. The van der Waals surface area contributed by atoms with Crippen molar-refractivity contribution in [2.45, 2.75) is 396 Å². The lowest BCUT2D eigenvalue weighted by Crippen LogP contribution is -2.65. The molecule has 2 heterocycles. The highest BCUT2D eigenvalue weighted by atomic mass is 16.7. The maximum Gasteiger partial charge on any atom is 0.220 e. The van der Waals surface area contributed by atoms with Crippen LogP contribution in [0.25, 0.3) is 0 Å².